The van der Waals surface area contributed by atoms with Gasteiger partial charge < -0.3 is 19.5 Å². The molecule has 1 N–H and O–H groups in total. The molecule has 0 bridgehead atoms. The zero-order chi connectivity index (χ0) is 22.3. The fourth-order valence-corrected chi connectivity index (χ4v) is 4.29. The molecule has 9 heteroatoms. The Bertz CT molecular complexity index is 1030. The van der Waals surface area contributed by atoms with Crippen molar-refractivity contribution in [1.29, 1.82) is 0 Å². The lowest BCUT2D eigenvalue weighted by molar-refractivity contribution is -0.119. The number of carbonyl (C=O) groups excluding carboxylic acids is 1. The number of nitrogens with one attached hydrogen (secondary N) is 1. The molecule has 8 nitrogen and oxygen atoms in total. The molecule has 1 aromatic heterocycles. The van der Waals surface area contributed by atoms with Crippen LogP contribution in [-0.2, 0) is 9.53 Å². The summed E-state index contributed by atoms with van der Waals surface area (Å²) in [5.74, 6) is 2.13. The highest BCUT2D eigenvalue weighted by Gasteiger charge is 2.20. The summed E-state index contributed by atoms with van der Waals surface area (Å²) in [5.41, 5.74) is 1.70. The van der Waals surface area contributed by atoms with Crippen molar-refractivity contribution in [1.82, 2.24) is 20.1 Å². The summed E-state index contributed by atoms with van der Waals surface area (Å²) < 4.78 is 18.3. The van der Waals surface area contributed by atoms with Crippen molar-refractivity contribution >= 4 is 17.7 Å². The molecule has 0 aliphatic carbocycles. The lowest BCUT2D eigenvalue weighted by atomic mass is 10.2. The largest absolute Gasteiger partial charge is 0.497 e. The molecule has 0 spiro atoms. The van der Waals surface area contributed by atoms with Gasteiger partial charge in [-0.1, -0.05) is 30.0 Å². The van der Waals surface area contributed by atoms with Crippen LogP contribution in [0.4, 0.5) is 0 Å². The molecular formula is C23H26N4O4S. The van der Waals surface area contributed by atoms with E-state index in [9.17, 15) is 4.79 Å². The molecule has 4 rings (SSSR count). The Labute approximate surface area is 191 Å². The van der Waals surface area contributed by atoms with Gasteiger partial charge in [0.2, 0.25) is 5.91 Å². The molecule has 1 saturated heterocycles. The molecule has 1 aliphatic rings. The zero-order valence-electron chi connectivity index (χ0n) is 18.1. The van der Waals surface area contributed by atoms with E-state index in [2.05, 4.69) is 15.5 Å². The van der Waals surface area contributed by atoms with Crippen molar-refractivity contribution in [3.05, 3.63) is 48.5 Å². The van der Waals surface area contributed by atoms with Gasteiger partial charge in [-0.25, -0.2) is 0 Å². The zero-order valence-corrected chi connectivity index (χ0v) is 18.9. The minimum atomic E-state index is -0.0577. The summed E-state index contributed by atoms with van der Waals surface area (Å²) in [7, 11) is 3.22. The van der Waals surface area contributed by atoms with E-state index in [1.165, 1.54) is 11.8 Å². The minimum Gasteiger partial charge on any atom is -0.497 e. The number of benzene rings is 2. The van der Waals surface area contributed by atoms with Crippen LogP contribution in [0.15, 0.2) is 53.7 Å². The van der Waals surface area contributed by atoms with Gasteiger partial charge in [0.05, 0.1) is 26.1 Å². The molecular weight excluding hydrogens is 428 g/mol. The maximum absolute atomic E-state index is 12.4. The lowest BCUT2D eigenvalue weighted by Gasteiger charge is -2.13. The number of thioether (sulfide) groups is 1. The van der Waals surface area contributed by atoms with Crippen LogP contribution in [0, 0.1) is 0 Å². The van der Waals surface area contributed by atoms with Crippen LogP contribution in [0.1, 0.15) is 12.8 Å². The molecule has 1 aliphatic heterocycles. The number of para-hydroxylation sites is 1. The molecule has 1 amide bonds. The van der Waals surface area contributed by atoms with Crippen molar-refractivity contribution in [3.8, 4) is 28.6 Å². The van der Waals surface area contributed by atoms with Gasteiger partial charge in [-0.2, -0.15) is 0 Å². The molecule has 0 saturated carbocycles. The standard InChI is InChI=1S/C23H26N4O4S/c1-29-19-11-16(12-20(13-19)30-2)22-25-26-23(27(22)17-7-4-3-5-8-17)32-15-21(28)24-14-18-9-6-10-31-18/h3-5,7-8,11-13,18H,6,9-10,14-15H2,1-2H3,(H,24,28)/t18-/m1/s1. The van der Waals surface area contributed by atoms with E-state index in [4.69, 9.17) is 14.2 Å². The van der Waals surface area contributed by atoms with E-state index in [0.717, 1.165) is 30.7 Å². The first-order valence-corrected chi connectivity index (χ1v) is 11.4. The minimum absolute atomic E-state index is 0.0577. The van der Waals surface area contributed by atoms with E-state index >= 15 is 0 Å². The smallest absolute Gasteiger partial charge is 0.230 e. The predicted molar refractivity (Wildman–Crippen MR) is 123 cm³/mol. The van der Waals surface area contributed by atoms with Crippen LogP contribution in [0.2, 0.25) is 0 Å². The Kier molecular flexibility index (Phi) is 7.28. The Morgan fingerprint density at radius 3 is 2.56 bits per heavy atom. The Morgan fingerprint density at radius 2 is 1.91 bits per heavy atom. The topological polar surface area (TPSA) is 87.5 Å². The first-order chi connectivity index (χ1) is 15.7. The summed E-state index contributed by atoms with van der Waals surface area (Å²) in [6.07, 6.45) is 2.16. The average Bonchev–Trinajstić information content (AvgIpc) is 3.51. The van der Waals surface area contributed by atoms with Crippen molar-refractivity contribution in [2.24, 2.45) is 0 Å². The maximum Gasteiger partial charge on any atom is 0.230 e. The third kappa shape index (κ3) is 5.23. The van der Waals surface area contributed by atoms with Gasteiger partial charge in [0.25, 0.3) is 0 Å². The highest BCUT2D eigenvalue weighted by molar-refractivity contribution is 7.99. The summed E-state index contributed by atoms with van der Waals surface area (Å²) >= 11 is 1.34. The van der Waals surface area contributed by atoms with Gasteiger partial charge in [-0.05, 0) is 37.1 Å². The van der Waals surface area contributed by atoms with Crippen LogP contribution >= 0.6 is 11.8 Å². The summed E-state index contributed by atoms with van der Waals surface area (Å²) in [4.78, 5) is 12.4. The van der Waals surface area contributed by atoms with Gasteiger partial charge in [0.15, 0.2) is 11.0 Å². The fourth-order valence-electron chi connectivity index (χ4n) is 3.51. The molecule has 1 atom stereocenters. The van der Waals surface area contributed by atoms with E-state index in [0.29, 0.717) is 29.0 Å². The fraction of sp³-hybridized carbons (Fsp3) is 0.348. The van der Waals surface area contributed by atoms with Crippen molar-refractivity contribution in [2.75, 3.05) is 33.1 Å². The van der Waals surface area contributed by atoms with Crippen molar-refractivity contribution in [3.63, 3.8) is 0 Å². The van der Waals surface area contributed by atoms with Crippen LogP contribution in [-0.4, -0.2) is 59.9 Å². The van der Waals surface area contributed by atoms with E-state index < -0.39 is 0 Å². The van der Waals surface area contributed by atoms with Crippen LogP contribution in [0.5, 0.6) is 11.5 Å². The first-order valence-electron chi connectivity index (χ1n) is 10.4. The maximum atomic E-state index is 12.4. The quantitative estimate of drug-likeness (QED) is 0.496. The number of carbonyl (C=O) groups is 1. The van der Waals surface area contributed by atoms with E-state index in [1.807, 2.05) is 47.0 Å². The predicted octanol–water partition coefficient (Wildman–Crippen LogP) is 3.34. The van der Waals surface area contributed by atoms with Gasteiger partial charge in [0, 0.05) is 30.5 Å². The van der Waals surface area contributed by atoms with Crippen LogP contribution in [0.3, 0.4) is 0 Å². The third-order valence-electron chi connectivity index (χ3n) is 5.14. The molecule has 3 aromatic rings. The number of hydrogen-bond donors (Lipinski definition) is 1. The second-order valence-corrected chi connectivity index (χ2v) is 8.25. The van der Waals surface area contributed by atoms with Crippen molar-refractivity contribution in [2.45, 2.75) is 24.1 Å². The first kappa shape index (κ1) is 22.2. The highest BCUT2D eigenvalue weighted by atomic mass is 32.2. The SMILES string of the molecule is COc1cc(OC)cc(-c2nnc(SCC(=O)NC[C@H]3CCCO3)n2-c2ccccc2)c1. The number of methoxy groups -OCH3 is 2. The van der Waals surface area contributed by atoms with Crippen LogP contribution in [0.25, 0.3) is 17.1 Å². The lowest BCUT2D eigenvalue weighted by Crippen LogP contribution is -2.32. The van der Waals surface area contributed by atoms with Gasteiger partial charge in [0.1, 0.15) is 11.5 Å². The number of nitrogens with zero attached hydrogens (tertiary/aromatic N) is 3. The number of aromatic nitrogens is 3. The molecule has 168 valence electrons. The summed E-state index contributed by atoms with van der Waals surface area (Å²) in [6.45, 7) is 1.31. The third-order valence-corrected chi connectivity index (χ3v) is 6.07. The Hall–Kier alpha value is -3.04. The molecule has 0 unspecified atom stereocenters. The summed E-state index contributed by atoms with van der Waals surface area (Å²) in [6, 6.07) is 15.4. The highest BCUT2D eigenvalue weighted by Crippen LogP contribution is 2.32. The van der Waals surface area contributed by atoms with Gasteiger partial charge >= 0.3 is 0 Å². The second-order valence-electron chi connectivity index (χ2n) is 7.31. The monoisotopic (exact) mass is 454 g/mol. The normalized spacial score (nSPS) is 15.5. The molecule has 1 fully saturated rings. The number of amides is 1. The molecule has 0 radical (unpaired) electrons. The van der Waals surface area contributed by atoms with Crippen molar-refractivity contribution < 1.29 is 19.0 Å². The van der Waals surface area contributed by atoms with Crippen LogP contribution < -0.4 is 14.8 Å². The van der Waals surface area contributed by atoms with Gasteiger partial charge in [-0.3, -0.25) is 9.36 Å². The molecule has 2 heterocycles. The van der Waals surface area contributed by atoms with E-state index in [1.54, 1.807) is 20.3 Å². The molecule has 32 heavy (non-hydrogen) atoms. The number of hydrogen-bond acceptors (Lipinski definition) is 7. The Balaban J connectivity index is 1.58. The number of rotatable bonds is 9. The second kappa shape index (κ2) is 10.5. The average molecular weight is 455 g/mol. The Morgan fingerprint density at radius 1 is 1.16 bits per heavy atom. The van der Waals surface area contributed by atoms with E-state index in [-0.39, 0.29) is 17.8 Å². The summed E-state index contributed by atoms with van der Waals surface area (Å²) in [5, 5.41) is 12.4. The molecule has 2 aromatic carbocycles. The van der Waals surface area contributed by atoms with Gasteiger partial charge in [-0.15, -0.1) is 10.2 Å². The number of ether oxygens (including phenoxy) is 3.